The molecule has 3 aromatic carbocycles. The third kappa shape index (κ3) is 3.72. The number of aryl methyl sites for hydroxylation is 1. The van der Waals surface area contributed by atoms with E-state index in [2.05, 4.69) is 16.2 Å². The average molecular weight is 489 g/mol. The summed E-state index contributed by atoms with van der Waals surface area (Å²) in [5.41, 5.74) is 3.67. The van der Waals surface area contributed by atoms with Crippen LogP contribution >= 0.6 is 0 Å². The van der Waals surface area contributed by atoms with E-state index in [0.29, 0.717) is 61.4 Å². The van der Waals surface area contributed by atoms with E-state index in [4.69, 9.17) is 8.83 Å². The van der Waals surface area contributed by atoms with Crippen LogP contribution in [-0.2, 0) is 11.3 Å². The van der Waals surface area contributed by atoms with E-state index in [1.54, 1.807) is 68.6 Å². The minimum Gasteiger partial charge on any atom is -0.453 e. The van der Waals surface area contributed by atoms with Crippen molar-refractivity contribution in [3.8, 4) is 17.3 Å². The molecule has 3 aromatic heterocycles. The van der Waals surface area contributed by atoms with Gasteiger partial charge in [-0.05, 0) is 30.3 Å². The highest BCUT2D eigenvalue weighted by Crippen LogP contribution is 2.32. The van der Waals surface area contributed by atoms with Crippen molar-refractivity contribution >= 4 is 44.6 Å². The van der Waals surface area contributed by atoms with Crippen molar-refractivity contribution in [2.24, 2.45) is 0 Å². The zero-order valence-corrected chi connectivity index (χ0v) is 19.9. The summed E-state index contributed by atoms with van der Waals surface area (Å²) in [6.45, 7) is 1.45. The lowest BCUT2D eigenvalue weighted by molar-refractivity contribution is -0.119. The van der Waals surface area contributed by atoms with Crippen LogP contribution in [0.25, 0.3) is 44.3 Å². The topological polar surface area (TPSA) is 118 Å². The first-order chi connectivity index (χ1) is 17.9. The van der Waals surface area contributed by atoms with Crippen LogP contribution in [0.3, 0.4) is 0 Å². The van der Waals surface area contributed by atoms with Crippen LogP contribution in [0.15, 0.2) is 80.4 Å². The summed E-state index contributed by atoms with van der Waals surface area (Å²) >= 11 is 0. The smallest absolute Gasteiger partial charge is 0.279 e. The van der Waals surface area contributed by atoms with Gasteiger partial charge in [0.15, 0.2) is 17.1 Å². The predicted octanol–water partition coefficient (Wildman–Crippen LogP) is 4.79. The number of carbonyl (C=O) groups is 1. The van der Waals surface area contributed by atoms with Crippen molar-refractivity contribution in [1.82, 2.24) is 14.8 Å². The third-order valence-electron chi connectivity index (χ3n) is 6.27. The molecule has 0 unspecified atom stereocenters. The van der Waals surface area contributed by atoms with Gasteiger partial charge in [-0.1, -0.05) is 30.3 Å². The van der Waals surface area contributed by atoms with Crippen molar-refractivity contribution in [2.45, 2.75) is 13.5 Å². The van der Waals surface area contributed by atoms with Crippen LogP contribution in [0, 0.1) is 18.3 Å². The monoisotopic (exact) mass is 489 g/mol. The van der Waals surface area contributed by atoms with E-state index in [1.807, 2.05) is 12.1 Å². The number of benzene rings is 3. The van der Waals surface area contributed by atoms with Gasteiger partial charge in [-0.2, -0.15) is 10.4 Å². The molecule has 0 saturated heterocycles. The van der Waals surface area contributed by atoms with E-state index in [0.717, 1.165) is 4.68 Å². The van der Waals surface area contributed by atoms with E-state index < -0.39 is 5.56 Å². The van der Waals surface area contributed by atoms with Gasteiger partial charge < -0.3 is 13.7 Å². The predicted molar refractivity (Wildman–Crippen MR) is 138 cm³/mol. The molecule has 3 heterocycles. The lowest BCUT2D eigenvalue weighted by Crippen LogP contribution is -2.35. The summed E-state index contributed by atoms with van der Waals surface area (Å²) < 4.78 is 12.8. The maximum Gasteiger partial charge on any atom is 0.279 e. The summed E-state index contributed by atoms with van der Waals surface area (Å²) in [5, 5.41) is 14.9. The molecule has 9 nitrogen and oxygen atoms in total. The number of oxazole rings is 1. The molecule has 180 valence electrons. The number of para-hydroxylation sites is 1. The van der Waals surface area contributed by atoms with Crippen molar-refractivity contribution in [1.29, 1.82) is 5.26 Å². The lowest BCUT2D eigenvalue weighted by atomic mass is 10.1. The number of hydrogen-bond acceptors (Lipinski definition) is 7. The molecule has 0 aliphatic carbocycles. The highest BCUT2D eigenvalue weighted by Gasteiger charge is 2.22. The fourth-order valence-corrected chi connectivity index (χ4v) is 4.41. The maximum atomic E-state index is 13.6. The van der Waals surface area contributed by atoms with Crippen molar-refractivity contribution in [3.05, 3.63) is 88.5 Å². The third-order valence-corrected chi connectivity index (χ3v) is 6.27. The first kappa shape index (κ1) is 22.2. The van der Waals surface area contributed by atoms with Gasteiger partial charge in [-0.15, -0.1) is 0 Å². The summed E-state index contributed by atoms with van der Waals surface area (Å²) in [4.78, 5) is 32.6. The summed E-state index contributed by atoms with van der Waals surface area (Å²) in [6.07, 6.45) is 0. The molecule has 0 bridgehead atoms. The fraction of sp³-hybridized carbons (Fsp3) is 0.107. The van der Waals surface area contributed by atoms with Crippen LogP contribution < -0.4 is 10.5 Å². The van der Waals surface area contributed by atoms with Gasteiger partial charge in [0.1, 0.15) is 23.3 Å². The quantitative estimate of drug-likeness (QED) is 0.349. The number of anilines is 1. The minimum absolute atomic E-state index is 0.302. The Bertz CT molecular complexity index is 1960. The number of aromatic nitrogens is 3. The number of nitrogens with zero attached hydrogens (tertiary/aromatic N) is 5. The highest BCUT2D eigenvalue weighted by molar-refractivity contribution is 6.08. The van der Waals surface area contributed by atoms with Gasteiger partial charge in [-0.3, -0.25) is 9.59 Å². The number of hydrogen-bond donors (Lipinski definition) is 0. The normalized spacial score (nSPS) is 11.3. The molecule has 9 heteroatoms. The molecule has 37 heavy (non-hydrogen) atoms. The van der Waals surface area contributed by atoms with Gasteiger partial charge in [0.05, 0.1) is 17.0 Å². The molecule has 0 spiro atoms. The summed E-state index contributed by atoms with van der Waals surface area (Å²) in [6, 6.07) is 21.5. The molecular formula is C28H19N5O4. The molecule has 0 aliphatic rings. The maximum absolute atomic E-state index is 13.6. The number of amides is 1. The Labute approximate surface area is 209 Å². The molecule has 0 aliphatic heterocycles. The van der Waals surface area contributed by atoms with E-state index in [-0.39, 0.29) is 12.5 Å². The first-order valence-corrected chi connectivity index (χ1v) is 11.5. The number of furan rings is 1. The average Bonchev–Trinajstić information content (AvgIpc) is 3.49. The molecular weight excluding hydrogens is 470 g/mol. The number of likely N-dealkylation sites (N-methyl/N-ethyl adjacent to an activating group) is 1. The molecule has 0 saturated carbocycles. The Kier molecular flexibility index (Phi) is 5.09. The molecule has 0 fully saturated rings. The standard InChI is InChI=1S/C28H19N5O4/c1-16-30-21-11-10-19(13-23(21)36-16)32(2)24(34)15-33-28(35)25-20-8-3-4-9-22(20)37-27(25)26(31-33)18-7-5-6-17(12-18)14-29/h3-13H,15H2,1-2H3. The van der Waals surface area contributed by atoms with Crippen molar-refractivity contribution < 1.29 is 13.6 Å². The van der Waals surface area contributed by atoms with Crippen molar-refractivity contribution in [3.63, 3.8) is 0 Å². The Morgan fingerprint density at radius 2 is 1.89 bits per heavy atom. The molecule has 6 rings (SSSR count). The Morgan fingerprint density at radius 1 is 1.05 bits per heavy atom. The molecule has 0 N–H and O–H groups in total. The second-order valence-electron chi connectivity index (χ2n) is 8.64. The van der Waals surface area contributed by atoms with Gasteiger partial charge in [0.25, 0.3) is 5.56 Å². The van der Waals surface area contributed by atoms with E-state index >= 15 is 0 Å². The number of carbonyl (C=O) groups excluding carboxylic acids is 1. The number of nitriles is 1. The van der Waals surface area contributed by atoms with E-state index in [9.17, 15) is 14.9 Å². The Hall–Kier alpha value is -5.23. The summed E-state index contributed by atoms with van der Waals surface area (Å²) in [5.74, 6) is 0.180. The highest BCUT2D eigenvalue weighted by atomic mass is 16.3. The largest absolute Gasteiger partial charge is 0.453 e. The second-order valence-corrected chi connectivity index (χ2v) is 8.64. The Balaban J connectivity index is 1.47. The molecule has 0 atom stereocenters. The molecule has 0 radical (unpaired) electrons. The first-order valence-electron chi connectivity index (χ1n) is 11.5. The second kappa shape index (κ2) is 8.46. The summed E-state index contributed by atoms with van der Waals surface area (Å²) in [7, 11) is 1.63. The van der Waals surface area contributed by atoms with Gasteiger partial charge >= 0.3 is 0 Å². The zero-order valence-electron chi connectivity index (χ0n) is 19.9. The molecule has 6 aromatic rings. The lowest BCUT2D eigenvalue weighted by Gasteiger charge is -2.18. The van der Waals surface area contributed by atoms with Crippen LogP contribution in [0.2, 0.25) is 0 Å². The SMILES string of the molecule is Cc1nc2ccc(N(C)C(=O)Cn3nc(-c4cccc(C#N)c4)c4oc5ccccc5c4c3=O)cc2o1. The number of fused-ring (bicyclic) bond motifs is 4. The van der Waals surface area contributed by atoms with Crippen LogP contribution in [0.1, 0.15) is 11.5 Å². The fourth-order valence-electron chi connectivity index (χ4n) is 4.41. The number of rotatable bonds is 4. The zero-order chi connectivity index (χ0) is 25.7. The minimum atomic E-state index is -0.441. The van der Waals surface area contributed by atoms with Crippen LogP contribution in [0.4, 0.5) is 5.69 Å². The van der Waals surface area contributed by atoms with Crippen LogP contribution in [0.5, 0.6) is 0 Å². The van der Waals surface area contributed by atoms with Gasteiger partial charge in [-0.25, -0.2) is 9.67 Å². The van der Waals surface area contributed by atoms with E-state index in [1.165, 1.54) is 4.90 Å². The van der Waals surface area contributed by atoms with Crippen molar-refractivity contribution in [2.75, 3.05) is 11.9 Å². The Morgan fingerprint density at radius 3 is 2.73 bits per heavy atom. The molecule has 1 amide bonds. The van der Waals surface area contributed by atoms with Gasteiger partial charge in [0.2, 0.25) is 5.91 Å². The van der Waals surface area contributed by atoms with Gasteiger partial charge in [0, 0.05) is 36.7 Å². The van der Waals surface area contributed by atoms with Crippen LogP contribution in [-0.4, -0.2) is 27.7 Å².